The number of hydrogen-bond donors (Lipinski definition) is 3. The quantitative estimate of drug-likeness (QED) is 0.667. The van der Waals surface area contributed by atoms with E-state index in [0.29, 0.717) is 17.8 Å². The van der Waals surface area contributed by atoms with E-state index >= 15 is 0 Å². The Morgan fingerprint density at radius 2 is 2.12 bits per heavy atom. The number of H-pyrrole nitrogens is 1. The van der Waals surface area contributed by atoms with Gasteiger partial charge in [0.1, 0.15) is 0 Å². The van der Waals surface area contributed by atoms with E-state index in [-0.39, 0.29) is 5.91 Å². The lowest BCUT2D eigenvalue weighted by Crippen LogP contribution is -2.22. The van der Waals surface area contributed by atoms with Crippen molar-refractivity contribution in [3.63, 3.8) is 0 Å². The van der Waals surface area contributed by atoms with E-state index in [1.54, 1.807) is 36.7 Å². The molecule has 82 valence electrons. The van der Waals surface area contributed by atoms with Gasteiger partial charge in [0.15, 0.2) is 0 Å². The number of nitrogens with two attached hydrogens (primary N) is 1. The van der Waals surface area contributed by atoms with Gasteiger partial charge in [0, 0.05) is 29.6 Å². The molecule has 0 atom stereocenters. The van der Waals surface area contributed by atoms with Crippen LogP contribution in [-0.2, 0) is 6.54 Å². The van der Waals surface area contributed by atoms with Crippen LogP contribution in [0.1, 0.15) is 15.9 Å². The van der Waals surface area contributed by atoms with Crippen LogP contribution in [0.2, 0.25) is 0 Å². The van der Waals surface area contributed by atoms with Crippen molar-refractivity contribution in [2.75, 3.05) is 5.73 Å². The van der Waals surface area contributed by atoms with Gasteiger partial charge >= 0.3 is 0 Å². The number of amides is 1. The summed E-state index contributed by atoms with van der Waals surface area (Å²) in [4.78, 5) is 11.7. The summed E-state index contributed by atoms with van der Waals surface area (Å²) in [5, 5.41) is 9.26. The van der Waals surface area contributed by atoms with Crippen LogP contribution in [0.5, 0.6) is 0 Å². The molecule has 0 aliphatic heterocycles. The number of rotatable bonds is 3. The van der Waals surface area contributed by atoms with Crippen LogP contribution in [0.15, 0.2) is 36.7 Å². The molecule has 0 bridgehead atoms. The number of carbonyl (C=O) groups excluding carboxylic acids is 1. The number of nitrogens with zero attached hydrogens (tertiary/aromatic N) is 1. The molecule has 0 saturated carbocycles. The van der Waals surface area contributed by atoms with Gasteiger partial charge in [-0.2, -0.15) is 5.10 Å². The van der Waals surface area contributed by atoms with Gasteiger partial charge in [0.2, 0.25) is 0 Å². The van der Waals surface area contributed by atoms with Crippen molar-refractivity contribution >= 4 is 11.6 Å². The first-order valence-electron chi connectivity index (χ1n) is 4.87. The normalized spacial score (nSPS) is 10.0. The molecule has 16 heavy (non-hydrogen) atoms. The molecule has 1 amide bonds. The third-order valence-corrected chi connectivity index (χ3v) is 2.18. The Balaban J connectivity index is 1.95. The van der Waals surface area contributed by atoms with E-state index in [4.69, 9.17) is 5.73 Å². The lowest BCUT2D eigenvalue weighted by Gasteiger charge is -2.03. The van der Waals surface area contributed by atoms with Gasteiger partial charge in [-0.1, -0.05) is 0 Å². The molecule has 0 aliphatic carbocycles. The van der Waals surface area contributed by atoms with Crippen molar-refractivity contribution in [2.45, 2.75) is 6.54 Å². The summed E-state index contributed by atoms with van der Waals surface area (Å²) in [7, 11) is 0. The molecule has 1 aromatic carbocycles. The third kappa shape index (κ3) is 2.38. The minimum Gasteiger partial charge on any atom is -0.399 e. The minimum atomic E-state index is -0.124. The van der Waals surface area contributed by atoms with E-state index in [1.807, 2.05) is 0 Å². The highest BCUT2D eigenvalue weighted by Gasteiger charge is 2.04. The Kier molecular flexibility index (Phi) is 2.86. The summed E-state index contributed by atoms with van der Waals surface area (Å²) in [5.74, 6) is -0.124. The molecule has 0 spiro atoms. The highest BCUT2D eigenvalue weighted by atomic mass is 16.1. The van der Waals surface area contributed by atoms with Gasteiger partial charge in [0.05, 0.1) is 6.20 Å². The fourth-order valence-electron chi connectivity index (χ4n) is 1.29. The van der Waals surface area contributed by atoms with Crippen LogP contribution in [0, 0.1) is 0 Å². The van der Waals surface area contributed by atoms with Crippen molar-refractivity contribution in [3.05, 3.63) is 47.8 Å². The molecule has 5 heteroatoms. The smallest absolute Gasteiger partial charge is 0.251 e. The molecule has 1 aromatic heterocycles. The van der Waals surface area contributed by atoms with E-state index < -0.39 is 0 Å². The van der Waals surface area contributed by atoms with Crippen LogP contribution in [0.3, 0.4) is 0 Å². The van der Waals surface area contributed by atoms with Crippen molar-refractivity contribution in [2.24, 2.45) is 0 Å². The second kappa shape index (κ2) is 4.48. The standard InChI is InChI=1S/C11H12N4O/c12-10-3-1-9(2-4-10)11(16)13-5-8-6-14-15-7-8/h1-4,6-7H,5,12H2,(H,13,16)(H,14,15). The Labute approximate surface area is 92.7 Å². The highest BCUT2D eigenvalue weighted by Crippen LogP contribution is 2.05. The Hall–Kier alpha value is -2.30. The predicted molar refractivity (Wildman–Crippen MR) is 60.6 cm³/mol. The van der Waals surface area contributed by atoms with E-state index in [1.165, 1.54) is 0 Å². The molecule has 0 unspecified atom stereocenters. The minimum absolute atomic E-state index is 0.124. The van der Waals surface area contributed by atoms with E-state index in [2.05, 4.69) is 15.5 Å². The molecular formula is C11H12N4O. The summed E-state index contributed by atoms with van der Waals surface area (Å²) in [6.45, 7) is 0.458. The van der Waals surface area contributed by atoms with Gasteiger partial charge in [-0.25, -0.2) is 0 Å². The summed E-state index contributed by atoms with van der Waals surface area (Å²) < 4.78 is 0. The highest BCUT2D eigenvalue weighted by molar-refractivity contribution is 5.94. The number of benzene rings is 1. The average Bonchev–Trinajstić information content (AvgIpc) is 2.80. The number of anilines is 1. The van der Waals surface area contributed by atoms with Gasteiger partial charge < -0.3 is 11.1 Å². The van der Waals surface area contributed by atoms with Crippen molar-refractivity contribution < 1.29 is 4.79 Å². The van der Waals surface area contributed by atoms with Gasteiger partial charge in [-0.05, 0) is 24.3 Å². The number of aromatic amines is 1. The van der Waals surface area contributed by atoms with Gasteiger partial charge in [-0.15, -0.1) is 0 Å². The summed E-state index contributed by atoms with van der Waals surface area (Å²) >= 11 is 0. The molecule has 0 saturated heterocycles. The fraction of sp³-hybridized carbons (Fsp3) is 0.0909. The van der Waals surface area contributed by atoms with E-state index in [9.17, 15) is 4.79 Å². The Bertz CT molecular complexity index is 461. The maximum atomic E-state index is 11.7. The molecule has 5 nitrogen and oxygen atoms in total. The van der Waals surface area contributed by atoms with Crippen LogP contribution in [0.4, 0.5) is 5.69 Å². The summed E-state index contributed by atoms with van der Waals surface area (Å²) in [6.07, 6.45) is 3.41. The Morgan fingerprint density at radius 1 is 1.38 bits per heavy atom. The zero-order valence-corrected chi connectivity index (χ0v) is 8.60. The zero-order valence-electron chi connectivity index (χ0n) is 8.60. The number of hydrogen-bond acceptors (Lipinski definition) is 3. The molecule has 2 aromatic rings. The number of carbonyl (C=O) groups is 1. The SMILES string of the molecule is Nc1ccc(C(=O)NCc2cn[nH]c2)cc1. The van der Waals surface area contributed by atoms with Gasteiger partial charge in [0.25, 0.3) is 5.91 Å². The average molecular weight is 216 g/mol. The second-order valence-corrected chi connectivity index (χ2v) is 3.41. The topological polar surface area (TPSA) is 83.8 Å². The van der Waals surface area contributed by atoms with Crippen molar-refractivity contribution in [1.29, 1.82) is 0 Å². The zero-order chi connectivity index (χ0) is 11.4. The summed E-state index contributed by atoms with van der Waals surface area (Å²) in [5.41, 5.74) is 7.71. The number of nitrogen functional groups attached to an aromatic ring is 1. The number of aromatic nitrogens is 2. The molecule has 4 N–H and O–H groups in total. The monoisotopic (exact) mass is 216 g/mol. The van der Waals surface area contributed by atoms with Gasteiger partial charge in [-0.3, -0.25) is 9.89 Å². The van der Waals surface area contributed by atoms with Crippen LogP contribution in [-0.4, -0.2) is 16.1 Å². The first kappa shape index (κ1) is 10.2. The van der Waals surface area contributed by atoms with Crippen molar-refractivity contribution in [3.8, 4) is 0 Å². The lowest BCUT2D eigenvalue weighted by atomic mass is 10.2. The van der Waals surface area contributed by atoms with Crippen molar-refractivity contribution in [1.82, 2.24) is 15.5 Å². The molecule has 0 fully saturated rings. The molecule has 0 aliphatic rings. The lowest BCUT2D eigenvalue weighted by molar-refractivity contribution is 0.0951. The largest absolute Gasteiger partial charge is 0.399 e. The molecular weight excluding hydrogens is 204 g/mol. The summed E-state index contributed by atoms with van der Waals surface area (Å²) in [6, 6.07) is 6.79. The Morgan fingerprint density at radius 3 is 2.75 bits per heavy atom. The maximum absolute atomic E-state index is 11.7. The first-order chi connectivity index (χ1) is 7.75. The molecule has 2 rings (SSSR count). The first-order valence-corrected chi connectivity index (χ1v) is 4.87. The fourth-order valence-corrected chi connectivity index (χ4v) is 1.29. The van der Waals surface area contributed by atoms with E-state index in [0.717, 1.165) is 5.56 Å². The maximum Gasteiger partial charge on any atom is 0.251 e. The number of nitrogens with one attached hydrogen (secondary N) is 2. The molecule has 0 radical (unpaired) electrons. The van der Waals surface area contributed by atoms with Crippen LogP contribution >= 0.6 is 0 Å². The third-order valence-electron chi connectivity index (χ3n) is 2.18. The van der Waals surface area contributed by atoms with Crippen LogP contribution in [0.25, 0.3) is 0 Å². The van der Waals surface area contributed by atoms with Crippen LogP contribution < -0.4 is 11.1 Å². The molecule has 1 heterocycles. The predicted octanol–water partition coefficient (Wildman–Crippen LogP) is 0.922. The second-order valence-electron chi connectivity index (χ2n) is 3.41.